The first-order chi connectivity index (χ1) is 13.3. The van der Waals surface area contributed by atoms with Gasteiger partial charge >= 0.3 is 0 Å². The minimum Gasteiger partial charge on any atom is -0.325 e. The molecule has 1 heterocycles. The van der Waals surface area contributed by atoms with Crippen molar-refractivity contribution in [3.05, 3.63) is 63.7 Å². The summed E-state index contributed by atoms with van der Waals surface area (Å²) in [4.78, 5) is 22.9. The van der Waals surface area contributed by atoms with Crippen LogP contribution in [-0.2, 0) is 14.8 Å². The van der Waals surface area contributed by atoms with E-state index in [1.54, 1.807) is 24.3 Å². The number of carbonyl (C=O) groups is 1. The number of hydrogen-bond acceptors (Lipinski definition) is 5. The van der Waals surface area contributed by atoms with Crippen molar-refractivity contribution in [2.75, 3.05) is 11.9 Å². The number of sulfonamides is 1. The average molecular weight is 424 g/mol. The maximum Gasteiger partial charge on any atom is 0.269 e. The molecule has 1 saturated heterocycles. The van der Waals surface area contributed by atoms with Gasteiger partial charge in [0.1, 0.15) is 6.04 Å². The van der Waals surface area contributed by atoms with Crippen molar-refractivity contribution < 1.29 is 18.1 Å². The van der Waals surface area contributed by atoms with E-state index in [9.17, 15) is 23.3 Å². The van der Waals surface area contributed by atoms with Crippen LogP contribution in [0, 0.1) is 10.1 Å². The van der Waals surface area contributed by atoms with Gasteiger partial charge in [-0.2, -0.15) is 4.31 Å². The third-order valence-corrected chi connectivity index (χ3v) is 6.66. The Kier molecular flexibility index (Phi) is 5.97. The summed E-state index contributed by atoms with van der Waals surface area (Å²) >= 11 is 5.92. The van der Waals surface area contributed by atoms with Crippen molar-refractivity contribution in [3.63, 3.8) is 0 Å². The fraction of sp³-hybridized carbons (Fsp3) is 0.278. The Hall–Kier alpha value is -2.49. The monoisotopic (exact) mass is 423 g/mol. The molecule has 3 rings (SSSR count). The average Bonchev–Trinajstić information content (AvgIpc) is 2.68. The molecule has 0 bridgehead atoms. The summed E-state index contributed by atoms with van der Waals surface area (Å²) in [7, 11) is -3.98. The first-order valence-corrected chi connectivity index (χ1v) is 10.4. The lowest BCUT2D eigenvalue weighted by Gasteiger charge is -2.33. The Bertz CT molecular complexity index is 995. The molecule has 1 atom stereocenters. The maximum atomic E-state index is 13.0. The molecule has 1 N–H and O–H groups in total. The lowest BCUT2D eigenvalue weighted by Crippen LogP contribution is -2.49. The molecule has 28 heavy (non-hydrogen) atoms. The van der Waals surface area contributed by atoms with Crippen LogP contribution in [0.2, 0.25) is 5.02 Å². The number of nitrogens with one attached hydrogen (secondary N) is 1. The van der Waals surface area contributed by atoms with Crippen molar-refractivity contribution in [2.24, 2.45) is 0 Å². The second kappa shape index (κ2) is 8.26. The quantitative estimate of drug-likeness (QED) is 0.585. The molecular weight excluding hydrogens is 406 g/mol. The number of rotatable bonds is 5. The molecule has 0 radical (unpaired) electrons. The zero-order valence-electron chi connectivity index (χ0n) is 14.7. The molecule has 1 aliphatic heterocycles. The van der Waals surface area contributed by atoms with Crippen LogP contribution < -0.4 is 5.32 Å². The zero-order valence-corrected chi connectivity index (χ0v) is 16.3. The van der Waals surface area contributed by atoms with Crippen molar-refractivity contribution in [3.8, 4) is 0 Å². The standard InChI is InChI=1S/C18H18ClN3O5S/c19-13-4-3-5-14(12-13)20-18(23)17-6-1-2-11-21(17)28(26,27)16-9-7-15(8-10-16)22(24)25/h3-5,7-10,12,17H,1-2,6,11H2,(H,20,23). The van der Waals surface area contributed by atoms with Crippen LogP contribution in [0.5, 0.6) is 0 Å². The second-order valence-electron chi connectivity index (χ2n) is 6.38. The molecule has 1 fully saturated rings. The first kappa shape index (κ1) is 20.2. The SMILES string of the molecule is O=C(Nc1cccc(Cl)c1)C1CCCCN1S(=O)(=O)c1ccc([N+](=O)[O-])cc1. The number of nitro groups is 1. The summed E-state index contributed by atoms with van der Waals surface area (Å²) in [5.41, 5.74) is 0.281. The molecule has 0 saturated carbocycles. The third kappa shape index (κ3) is 4.32. The summed E-state index contributed by atoms with van der Waals surface area (Å²) in [6.07, 6.45) is 1.74. The Morgan fingerprint density at radius 1 is 1.18 bits per heavy atom. The summed E-state index contributed by atoms with van der Waals surface area (Å²) in [5, 5.41) is 14.0. The zero-order chi connectivity index (χ0) is 20.3. The molecule has 1 unspecified atom stereocenters. The van der Waals surface area contributed by atoms with Gasteiger partial charge in [0.2, 0.25) is 15.9 Å². The van der Waals surface area contributed by atoms with Gasteiger partial charge in [0.05, 0.1) is 9.82 Å². The van der Waals surface area contributed by atoms with Gasteiger partial charge in [-0.25, -0.2) is 8.42 Å². The van der Waals surface area contributed by atoms with Crippen LogP contribution in [0.3, 0.4) is 0 Å². The molecule has 0 spiro atoms. The molecule has 148 valence electrons. The number of anilines is 1. The van der Waals surface area contributed by atoms with E-state index in [4.69, 9.17) is 11.6 Å². The van der Waals surface area contributed by atoms with Gasteiger partial charge in [0.15, 0.2) is 0 Å². The van der Waals surface area contributed by atoms with Crippen LogP contribution >= 0.6 is 11.6 Å². The number of carbonyl (C=O) groups excluding carboxylic acids is 1. The molecule has 1 aliphatic rings. The summed E-state index contributed by atoms with van der Waals surface area (Å²) in [6, 6.07) is 10.4. The summed E-state index contributed by atoms with van der Waals surface area (Å²) < 4.78 is 27.3. The highest BCUT2D eigenvalue weighted by molar-refractivity contribution is 7.89. The first-order valence-electron chi connectivity index (χ1n) is 8.62. The minimum atomic E-state index is -3.98. The molecular formula is C18H18ClN3O5S. The van der Waals surface area contributed by atoms with Crippen molar-refractivity contribution in [2.45, 2.75) is 30.2 Å². The second-order valence-corrected chi connectivity index (χ2v) is 8.70. The lowest BCUT2D eigenvalue weighted by molar-refractivity contribution is -0.384. The Labute approximate surface area is 167 Å². The Balaban J connectivity index is 1.85. The molecule has 1 amide bonds. The third-order valence-electron chi connectivity index (χ3n) is 4.50. The van der Waals surface area contributed by atoms with Crippen LogP contribution in [0.25, 0.3) is 0 Å². The van der Waals surface area contributed by atoms with E-state index in [0.717, 1.165) is 22.9 Å². The van der Waals surface area contributed by atoms with Crippen molar-refractivity contribution in [1.82, 2.24) is 4.31 Å². The number of non-ortho nitro benzene ring substituents is 1. The number of nitro benzene ring substituents is 1. The number of hydrogen-bond donors (Lipinski definition) is 1. The van der Waals surface area contributed by atoms with E-state index in [1.807, 2.05) is 0 Å². The fourth-order valence-electron chi connectivity index (χ4n) is 3.12. The van der Waals surface area contributed by atoms with Gasteiger partial charge < -0.3 is 5.32 Å². The maximum absolute atomic E-state index is 13.0. The number of halogens is 1. The normalized spacial score (nSPS) is 17.8. The molecule has 8 nitrogen and oxygen atoms in total. The predicted octanol–water partition coefficient (Wildman–Crippen LogP) is 3.43. The number of nitrogens with zero attached hydrogens (tertiary/aromatic N) is 2. The van der Waals surface area contributed by atoms with Gasteiger partial charge in [0, 0.05) is 29.4 Å². The number of benzene rings is 2. The fourth-order valence-corrected chi connectivity index (χ4v) is 4.97. The van der Waals surface area contributed by atoms with Gasteiger partial charge in [0.25, 0.3) is 5.69 Å². The smallest absolute Gasteiger partial charge is 0.269 e. The van der Waals surface area contributed by atoms with Crippen LogP contribution in [0.4, 0.5) is 11.4 Å². The van der Waals surface area contributed by atoms with Crippen molar-refractivity contribution >= 4 is 38.9 Å². The minimum absolute atomic E-state index is 0.0828. The van der Waals surface area contributed by atoms with E-state index in [-0.39, 0.29) is 17.1 Å². The molecule has 10 heteroatoms. The van der Waals surface area contributed by atoms with Crippen LogP contribution in [-0.4, -0.2) is 36.1 Å². The highest BCUT2D eigenvalue weighted by Crippen LogP contribution is 2.27. The van der Waals surface area contributed by atoms with Gasteiger partial charge in [-0.05, 0) is 43.2 Å². The topological polar surface area (TPSA) is 110 Å². The van der Waals surface area contributed by atoms with Crippen LogP contribution in [0.1, 0.15) is 19.3 Å². The predicted molar refractivity (Wildman–Crippen MR) is 105 cm³/mol. The van der Waals surface area contributed by atoms with E-state index >= 15 is 0 Å². The van der Waals surface area contributed by atoms with Gasteiger partial charge in [-0.1, -0.05) is 24.1 Å². The van der Waals surface area contributed by atoms with Gasteiger partial charge in [-0.15, -0.1) is 0 Å². The molecule has 0 aliphatic carbocycles. The highest BCUT2D eigenvalue weighted by Gasteiger charge is 2.37. The Morgan fingerprint density at radius 3 is 2.54 bits per heavy atom. The van der Waals surface area contributed by atoms with Crippen molar-refractivity contribution in [1.29, 1.82) is 0 Å². The van der Waals surface area contributed by atoms with E-state index < -0.39 is 26.9 Å². The molecule has 2 aromatic rings. The summed E-state index contributed by atoms with van der Waals surface area (Å²) in [5.74, 6) is -0.438. The summed E-state index contributed by atoms with van der Waals surface area (Å²) in [6.45, 7) is 0.201. The van der Waals surface area contributed by atoms with Gasteiger partial charge in [-0.3, -0.25) is 14.9 Å². The highest BCUT2D eigenvalue weighted by atomic mass is 35.5. The van der Waals surface area contributed by atoms with E-state index in [0.29, 0.717) is 23.6 Å². The lowest BCUT2D eigenvalue weighted by atomic mass is 10.0. The molecule has 0 aromatic heterocycles. The largest absolute Gasteiger partial charge is 0.325 e. The Morgan fingerprint density at radius 2 is 1.89 bits per heavy atom. The van der Waals surface area contributed by atoms with Crippen LogP contribution in [0.15, 0.2) is 53.4 Å². The molecule has 2 aromatic carbocycles. The number of amides is 1. The number of piperidine rings is 1. The van der Waals surface area contributed by atoms with E-state index in [2.05, 4.69) is 5.32 Å². The van der Waals surface area contributed by atoms with E-state index in [1.165, 1.54) is 12.1 Å².